The standard InChI is InChI=1S/C26H29F2N7O/c1-34-8-3-9-35(19-11-17-14-26(27,28)15-18(12-19)30-17)25-23(34)13-22(32-33-25)20-6-5-16(10-24(20)36)21-4-2-7-29-31-21/h2,4-7,10,13,17-19,30,36H,3,8-9,11-12,14-15H2,1H3/t17-,18+,19?. The van der Waals surface area contributed by atoms with Gasteiger partial charge in [-0.05, 0) is 49.6 Å². The molecule has 2 fully saturated rings. The number of alkyl halides is 2. The van der Waals surface area contributed by atoms with Crippen molar-refractivity contribution < 1.29 is 13.9 Å². The molecule has 6 rings (SSSR count). The molecule has 2 saturated heterocycles. The molecule has 10 heteroatoms. The summed E-state index contributed by atoms with van der Waals surface area (Å²) in [6.07, 6.45) is 3.68. The summed E-state index contributed by atoms with van der Waals surface area (Å²) in [6.45, 7) is 1.66. The third-order valence-corrected chi connectivity index (χ3v) is 7.59. The largest absolute Gasteiger partial charge is 0.507 e. The molecule has 0 radical (unpaired) electrons. The molecule has 3 aliphatic heterocycles. The van der Waals surface area contributed by atoms with Crippen molar-refractivity contribution in [2.75, 3.05) is 29.9 Å². The van der Waals surface area contributed by atoms with Crippen LogP contribution in [0.4, 0.5) is 20.3 Å². The van der Waals surface area contributed by atoms with Gasteiger partial charge in [0.1, 0.15) is 5.75 Å². The van der Waals surface area contributed by atoms with E-state index >= 15 is 0 Å². The zero-order valence-corrected chi connectivity index (χ0v) is 20.1. The van der Waals surface area contributed by atoms with Crippen LogP contribution in [0.5, 0.6) is 5.75 Å². The number of aromatic nitrogens is 4. The van der Waals surface area contributed by atoms with Gasteiger partial charge in [-0.1, -0.05) is 6.07 Å². The quantitative estimate of drug-likeness (QED) is 0.569. The van der Waals surface area contributed by atoms with Crippen LogP contribution < -0.4 is 15.1 Å². The first-order valence-corrected chi connectivity index (χ1v) is 12.5. The fourth-order valence-corrected chi connectivity index (χ4v) is 5.98. The fourth-order valence-electron chi connectivity index (χ4n) is 5.98. The minimum absolute atomic E-state index is 0.0904. The first-order valence-electron chi connectivity index (χ1n) is 12.5. The average molecular weight is 494 g/mol. The van der Waals surface area contributed by atoms with Gasteiger partial charge in [-0.25, -0.2) is 8.78 Å². The molecular weight excluding hydrogens is 464 g/mol. The lowest BCUT2D eigenvalue weighted by atomic mass is 9.81. The van der Waals surface area contributed by atoms with Crippen molar-refractivity contribution in [2.24, 2.45) is 0 Å². The van der Waals surface area contributed by atoms with Crippen molar-refractivity contribution in [3.63, 3.8) is 0 Å². The molecule has 3 aliphatic rings. The Kier molecular flexibility index (Phi) is 5.70. The Bertz CT molecular complexity index is 1240. The molecule has 188 valence electrons. The van der Waals surface area contributed by atoms with Crippen molar-refractivity contribution in [3.05, 3.63) is 42.6 Å². The summed E-state index contributed by atoms with van der Waals surface area (Å²) < 4.78 is 28.2. The summed E-state index contributed by atoms with van der Waals surface area (Å²) in [5.41, 5.74) is 3.53. The molecule has 5 heterocycles. The number of nitrogens with zero attached hydrogens (tertiary/aromatic N) is 6. The number of hydrogen-bond acceptors (Lipinski definition) is 8. The molecule has 0 spiro atoms. The first kappa shape index (κ1) is 23.0. The van der Waals surface area contributed by atoms with Crippen LogP contribution in [0.3, 0.4) is 0 Å². The second-order valence-corrected chi connectivity index (χ2v) is 10.2. The van der Waals surface area contributed by atoms with Gasteiger partial charge < -0.3 is 20.2 Å². The lowest BCUT2D eigenvalue weighted by molar-refractivity contribution is -0.0670. The molecule has 2 N–H and O–H groups in total. The maximum atomic E-state index is 14.1. The van der Waals surface area contributed by atoms with Gasteiger partial charge in [-0.3, -0.25) is 0 Å². The number of piperidine rings is 2. The normalized spacial score (nSPS) is 25.2. The van der Waals surface area contributed by atoms with Crippen molar-refractivity contribution >= 4 is 11.5 Å². The number of phenols is 1. The molecular formula is C26H29F2N7O. The Balaban J connectivity index is 1.31. The number of phenolic OH excluding ortho intramolecular Hbond substituents is 1. The Morgan fingerprint density at radius 1 is 1.00 bits per heavy atom. The minimum atomic E-state index is -2.58. The van der Waals surface area contributed by atoms with Gasteiger partial charge in [0.15, 0.2) is 5.82 Å². The SMILES string of the molecule is CN1CCCN(C2C[C@@H]3CC(F)(F)C[C@H](C2)N3)c2nnc(-c3ccc(-c4cccnn4)cc3O)cc21. The van der Waals surface area contributed by atoms with E-state index in [4.69, 9.17) is 0 Å². The van der Waals surface area contributed by atoms with Crippen LogP contribution in [0, 0.1) is 0 Å². The summed E-state index contributed by atoms with van der Waals surface area (Å²) in [5, 5.41) is 31.3. The highest BCUT2D eigenvalue weighted by Crippen LogP contribution is 2.41. The Labute approximate surface area is 208 Å². The van der Waals surface area contributed by atoms with Crippen LogP contribution in [-0.4, -0.2) is 69.7 Å². The van der Waals surface area contributed by atoms with Crippen LogP contribution in [-0.2, 0) is 0 Å². The molecule has 0 amide bonds. The zero-order valence-electron chi connectivity index (χ0n) is 20.1. The van der Waals surface area contributed by atoms with Gasteiger partial charge in [0.2, 0.25) is 0 Å². The van der Waals surface area contributed by atoms with Gasteiger partial charge in [0.25, 0.3) is 5.92 Å². The molecule has 2 aromatic heterocycles. The first-order chi connectivity index (χ1) is 17.4. The maximum absolute atomic E-state index is 14.1. The Morgan fingerprint density at radius 3 is 2.53 bits per heavy atom. The number of fused-ring (bicyclic) bond motifs is 3. The number of halogens is 2. The van der Waals surface area contributed by atoms with Crippen molar-refractivity contribution in [1.29, 1.82) is 0 Å². The van der Waals surface area contributed by atoms with E-state index in [0.29, 0.717) is 29.8 Å². The van der Waals surface area contributed by atoms with E-state index in [9.17, 15) is 13.9 Å². The van der Waals surface area contributed by atoms with E-state index in [-0.39, 0.29) is 36.7 Å². The lowest BCUT2D eigenvalue weighted by Crippen LogP contribution is -2.59. The summed E-state index contributed by atoms with van der Waals surface area (Å²) in [4.78, 5) is 4.44. The van der Waals surface area contributed by atoms with Crippen LogP contribution in [0.2, 0.25) is 0 Å². The van der Waals surface area contributed by atoms with E-state index in [1.807, 2.05) is 31.3 Å². The topological polar surface area (TPSA) is 90.3 Å². The number of aromatic hydroxyl groups is 1. The number of rotatable bonds is 3. The fraction of sp³-hybridized carbons (Fsp3) is 0.462. The smallest absolute Gasteiger partial charge is 0.251 e. The second kappa shape index (κ2) is 8.92. The number of benzene rings is 1. The molecule has 8 nitrogen and oxygen atoms in total. The summed E-state index contributed by atoms with van der Waals surface area (Å²) in [6, 6.07) is 10.7. The Morgan fingerprint density at radius 2 is 1.81 bits per heavy atom. The van der Waals surface area contributed by atoms with Crippen LogP contribution >= 0.6 is 0 Å². The zero-order chi connectivity index (χ0) is 24.9. The highest BCUT2D eigenvalue weighted by Gasteiger charge is 2.46. The van der Waals surface area contributed by atoms with E-state index in [0.717, 1.165) is 36.6 Å². The van der Waals surface area contributed by atoms with Crippen LogP contribution in [0.25, 0.3) is 22.5 Å². The molecule has 36 heavy (non-hydrogen) atoms. The maximum Gasteiger partial charge on any atom is 0.251 e. The van der Waals surface area contributed by atoms with Crippen molar-refractivity contribution in [2.45, 2.75) is 56.2 Å². The molecule has 0 saturated carbocycles. The average Bonchev–Trinajstić information content (AvgIpc) is 3.01. The molecule has 0 aliphatic carbocycles. The number of hydrogen-bond donors (Lipinski definition) is 2. The lowest BCUT2D eigenvalue weighted by Gasteiger charge is -2.46. The predicted octanol–water partition coefficient (Wildman–Crippen LogP) is 3.87. The van der Waals surface area contributed by atoms with Crippen LogP contribution in [0.1, 0.15) is 32.1 Å². The van der Waals surface area contributed by atoms with Gasteiger partial charge in [-0.15, -0.1) is 10.2 Å². The van der Waals surface area contributed by atoms with Crippen molar-refractivity contribution in [3.8, 4) is 28.3 Å². The summed E-state index contributed by atoms with van der Waals surface area (Å²) >= 11 is 0. The number of anilines is 2. The Hall–Kier alpha value is -3.40. The van der Waals surface area contributed by atoms with Gasteiger partial charge in [0, 0.05) is 68.4 Å². The molecule has 2 bridgehead atoms. The molecule has 3 atom stereocenters. The second-order valence-electron chi connectivity index (χ2n) is 10.2. The van der Waals surface area contributed by atoms with Gasteiger partial charge in [0.05, 0.1) is 17.1 Å². The third-order valence-electron chi connectivity index (χ3n) is 7.59. The number of nitrogens with one attached hydrogen (secondary N) is 1. The monoisotopic (exact) mass is 493 g/mol. The summed E-state index contributed by atoms with van der Waals surface area (Å²) in [7, 11) is 2.03. The van der Waals surface area contributed by atoms with Gasteiger partial charge >= 0.3 is 0 Å². The highest BCUT2D eigenvalue weighted by molar-refractivity contribution is 5.78. The van der Waals surface area contributed by atoms with Crippen LogP contribution in [0.15, 0.2) is 42.6 Å². The highest BCUT2D eigenvalue weighted by atomic mass is 19.3. The summed E-state index contributed by atoms with van der Waals surface area (Å²) in [5.74, 6) is -1.71. The molecule has 1 aromatic carbocycles. The predicted molar refractivity (Wildman–Crippen MR) is 133 cm³/mol. The van der Waals surface area contributed by atoms with E-state index < -0.39 is 5.92 Å². The van der Waals surface area contributed by atoms with Gasteiger partial charge in [-0.2, -0.15) is 10.2 Å². The van der Waals surface area contributed by atoms with E-state index in [1.54, 1.807) is 18.3 Å². The van der Waals surface area contributed by atoms with E-state index in [2.05, 4.69) is 35.5 Å². The van der Waals surface area contributed by atoms with E-state index in [1.165, 1.54) is 0 Å². The molecule has 1 unspecified atom stereocenters. The van der Waals surface area contributed by atoms with Crippen molar-refractivity contribution in [1.82, 2.24) is 25.7 Å². The minimum Gasteiger partial charge on any atom is -0.507 e. The third kappa shape index (κ3) is 4.34. The molecule has 3 aromatic rings.